The van der Waals surface area contributed by atoms with E-state index in [4.69, 9.17) is 4.74 Å². The number of fused-ring (bicyclic) bond motifs is 4. The van der Waals surface area contributed by atoms with Crippen molar-refractivity contribution in [1.29, 1.82) is 5.26 Å². The first kappa shape index (κ1) is 18.3. The molecule has 0 amide bonds. The summed E-state index contributed by atoms with van der Waals surface area (Å²) in [5.74, 6) is -9.66. The molecule has 2 aliphatic rings. The molecule has 3 rings (SSSR count). The van der Waals surface area contributed by atoms with Crippen LogP contribution in [0.4, 0.5) is 14.5 Å². The van der Waals surface area contributed by atoms with E-state index >= 15 is 0 Å². The van der Waals surface area contributed by atoms with Crippen LogP contribution >= 0.6 is 0 Å². The number of nitro benzene ring substituents is 1. The number of carbonyl (C=O) groups is 2. The number of nitro groups is 1. The zero-order valence-electron chi connectivity index (χ0n) is 13.4. The van der Waals surface area contributed by atoms with Gasteiger partial charge in [0.1, 0.15) is 5.56 Å². The molecule has 0 saturated carbocycles. The molecule has 2 heterocycles. The average Bonchev–Trinajstić information content (AvgIpc) is 2.79. The lowest BCUT2D eigenvalue weighted by Crippen LogP contribution is -2.33. The van der Waals surface area contributed by atoms with Crippen LogP contribution in [0.25, 0.3) is 0 Å². The van der Waals surface area contributed by atoms with Crippen molar-refractivity contribution in [3.05, 3.63) is 27.3 Å². The Hall–Kier alpha value is -3.09. The average molecular weight is 354 g/mol. The Balaban J connectivity index is 2.76. The van der Waals surface area contributed by atoms with Crippen LogP contribution in [0.3, 0.4) is 0 Å². The first-order valence-corrected chi connectivity index (χ1v) is 6.95. The van der Waals surface area contributed by atoms with Crippen LogP contribution in [-0.4, -0.2) is 23.3 Å². The molecule has 0 radical (unpaired) electrons. The summed E-state index contributed by atoms with van der Waals surface area (Å²) in [6.45, 7) is 3.55. The van der Waals surface area contributed by atoms with Crippen LogP contribution in [0.15, 0.2) is 0 Å². The molecule has 0 spiro atoms. The van der Waals surface area contributed by atoms with Crippen molar-refractivity contribution in [2.45, 2.75) is 20.8 Å². The molecule has 8 nitrogen and oxygen atoms in total. The zero-order valence-corrected chi connectivity index (χ0v) is 13.4. The van der Waals surface area contributed by atoms with Gasteiger partial charge >= 0.3 is 5.69 Å². The van der Waals surface area contributed by atoms with E-state index < -0.39 is 69.0 Å². The second kappa shape index (κ2) is 6.08. The molecule has 1 aromatic carbocycles. The Morgan fingerprint density at radius 2 is 1.76 bits per heavy atom. The van der Waals surface area contributed by atoms with Gasteiger partial charge in [0, 0.05) is 5.41 Å². The Bertz CT molecular complexity index is 838. The van der Waals surface area contributed by atoms with Gasteiger partial charge in [-0.1, -0.05) is 20.8 Å². The van der Waals surface area contributed by atoms with Gasteiger partial charge in [-0.3, -0.25) is 19.7 Å². The van der Waals surface area contributed by atoms with E-state index in [1.807, 2.05) is 0 Å². The van der Waals surface area contributed by atoms with Gasteiger partial charge in [-0.2, -0.15) is 14.0 Å². The minimum atomic E-state index is -1.95. The number of hydrogen-bond donors (Lipinski definition) is 0. The number of nitriles is 1. The van der Waals surface area contributed by atoms with Gasteiger partial charge in [-0.15, -0.1) is 0 Å². The lowest BCUT2D eigenvalue weighted by Gasteiger charge is -2.19. The van der Waals surface area contributed by atoms with Gasteiger partial charge in [0.15, 0.2) is 23.2 Å². The van der Waals surface area contributed by atoms with Crippen molar-refractivity contribution in [2.24, 2.45) is 11.3 Å². The highest BCUT2D eigenvalue weighted by Crippen LogP contribution is 2.45. The third kappa shape index (κ3) is 2.88. The maximum Gasteiger partial charge on any atom is 0.328 e. The van der Waals surface area contributed by atoms with Gasteiger partial charge in [0.25, 0.3) is 0 Å². The summed E-state index contributed by atoms with van der Waals surface area (Å²) < 4.78 is 37.3. The summed E-state index contributed by atoms with van der Waals surface area (Å²) in [5, 5.41) is 20.5. The van der Waals surface area contributed by atoms with Crippen molar-refractivity contribution in [2.75, 3.05) is 6.79 Å². The van der Waals surface area contributed by atoms with E-state index in [-0.39, 0.29) is 0 Å². The summed E-state index contributed by atoms with van der Waals surface area (Å²) in [6, 6.07) is 1.46. The zero-order chi connectivity index (χ0) is 19.1. The highest BCUT2D eigenvalue weighted by molar-refractivity contribution is 6.17. The fourth-order valence-corrected chi connectivity index (χ4v) is 2.27. The number of halogens is 2. The molecule has 25 heavy (non-hydrogen) atoms. The van der Waals surface area contributed by atoms with Crippen molar-refractivity contribution in [1.82, 2.24) is 0 Å². The normalized spacial score (nSPS) is 13.9. The lowest BCUT2D eigenvalue weighted by molar-refractivity contribution is -0.386. The fraction of sp³-hybridized carbons (Fsp3) is 0.400. The number of carbonyl (C=O) groups excluding carboxylic acids is 2. The molecule has 132 valence electrons. The summed E-state index contributed by atoms with van der Waals surface area (Å²) in [4.78, 5) is 35.1. The monoisotopic (exact) mass is 354 g/mol. The van der Waals surface area contributed by atoms with Crippen molar-refractivity contribution in [3.63, 3.8) is 0 Å². The summed E-state index contributed by atoms with van der Waals surface area (Å²) in [7, 11) is 0. The van der Waals surface area contributed by atoms with E-state index in [9.17, 15) is 33.7 Å². The summed E-state index contributed by atoms with van der Waals surface area (Å²) >= 11 is 0. The number of benzene rings is 1. The number of nitrogens with zero attached hydrogens (tertiary/aromatic N) is 2. The first-order chi connectivity index (χ1) is 11.5. The molecule has 0 N–H and O–H groups in total. The van der Waals surface area contributed by atoms with Crippen LogP contribution in [-0.2, 0) is 4.79 Å². The number of ether oxygens (including phenoxy) is 2. The molecule has 0 saturated heterocycles. The molecule has 0 aliphatic carbocycles. The minimum absolute atomic E-state index is 0.774. The Morgan fingerprint density at radius 1 is 1.24 bits per heavy atom. The SMILES string of the molecule is CC(C)(C)C(=O)C(C#N)C(=O)c1c2c(F)c(F)c(c1[N+](=O)[O-])OCO2. The predicted molar refractivity (Wildman–Crippen MR) is 77.0 cm³/mol. The summed E-state index contributed by atoms with van der Waals surface area (Å²) in [6.07, 6.45) is 0. The first-order valence-electron chi connectivity index (χ1n) is 6.95. The van der Waals surface area contributed by atoms with E-state index in [1.165, 1.54) is 26.8 Å². The maximum atomic E-state index is 14.0. The molecule has 1 aromatic rings. The minimum Gasteiger partial charge on any atom is -0.453 e. The molecule has 0 fully saturated rings. The third-order valence-electron chi connectivity index (χ3n) is 3.50. The molecular formula is C15H12F2N2O6. The van der Waals surface area contributed by atoms with Gasteiger partial charge in [-0.05, 0) is 0 Å². The Morgan fingerprint density at radius 3 is 2.24 bits per heavy atom. The second-order valence-corrected chi connectivity index (χ2v) is 6.21. The molecule has 0 aromatic heterocycles. The molecular weight excluding hydrogens is 342 g/mol. The smallest absolute Gasteiger partial charge is 0.328 e. The Labute approximate surface area is 140 Å². The van der Waals surface area contributed by atoms with Crippen LogP contribution in [0, 0.1) is 44.4 Å². The van der Waals surface area contributed by atoms with Crippen LogP contribution in [0.1, 0.15) is 31.1 Å². The fourth-order valence-electron chi connectivity index (χ4n) is 2.27. The molecule has 2 aliphatic heterocycles. The van der Waals surface area contributed by atoms with E-state index in [2.05, 4.69) is 4.74 Å². The number of rotatable bonds is 4. The lowest BCUT2D eigenvalue weighted by atomic mass is 9.80. The van der Waals surface area contributed by atoms with Crippen molar-refractivity contribution < 1.29 is 32.8 Å². The van der Waals surface area contributed by atoms with E-state index in [0.29, 0.717) is 0 Å². The quantitative estimate of drug-likeness (QED) is 0.353. The topological polar surface area (TPSA) is 120 Å². The standard InChI is InChI=1S/C15H12F2N2O6/c1-15(2,3)14(21)6(4-18)11(20)7-10(19(22)23)13-9(17)8(16)12(7)24-5-25-13/h6H,5H2,1-3H3. The molecule has 10 heteroatoms. The molecule has 2 bridgehead atoms. The predicted octanol–water partition coefficient (Wildman–Crippen LogP) is 2.54. The van der Waals surface area contributed by atoms with Gasteiger partial charge in [-0.25, -0.2) is 0 Å². The highest BCUT2D eigenvalue weighted by atomic mass is 19.2. The number of hydrogen-bond acceptors (Lipinski definition) is 7. The highest BCUT2D eigenvalue weighted by Gasteiger charge is 2.45. The second-order valence-electron chi connectivity index (χ2n) is 6.21. The number of ketones is 2. The van der Waals surface area contributed by atoms with Crippen molar-refractivity contribution >= 4 is 17.3 Å². The van der Waals surface area contributed by atoms with Gasteiger partial charge in [0.05, 0.1) is 11.0 Å². The summed E-state index contributed by atoms with van der Waals surface area (Å²) in [5.41, 5.74) is -3.30. The van der Waals surface area contributed by atoms with Gasteiger partial charge in [0.2, 0.25) is 24.2 Å². The van der Waals surface area contributed by atoms with E-state index in [0.717, 1.165) is 0 Å². The Kier molecular flexibility index (Phi) is 4.44. The van der Waals surface area contributed by atoms with E-state index in [1.54, 1.807) is 0 Å². The van der Waals surface area contributed by atoms with Crippen LogP contribution < -0.4 is 9.47 Å². The molecule has 1 atom stereocenters. The van der Waals surface area contributed by atoms with Crippen LogP contribution in [0.5, 0.6) is 11.5 Å². The van der Waals surface area contributed by atoms with Crippen LogP contribution in [0.2, 0.25) is 0 Å². The number of Topliss-reactive ketones (excluding diaryl/α,β-unsaturated/α-hetero) is 2. The largest absolute Gasteiger partial charge is 0.453 e. The maximum absolute atomic E-state index is 14.0. The van der Waals surface area contributed by atoms with Gasteiger partial charge < -0.3 is 9.47 Å². The van der Waals surface area contributed by atoms with Crippen molar-refractivity contribution in [3.8, 4) is 17.6 Å². The third-order valence-corrected chi connectivity index (χ3v) is 3.50. The molecule has 1 unspecified atom stereocenters.